The Labute approximate surface area is 444 Å². The fourth-order valence-electron chi connectivity index (χ4n) is 9.83. The first-order valence-corrected chi connectivity index (χ1v) is 27.0. The topological polar surface area (TPSA) is 94.1 Å². The van der Waals surface area contributed by atoms with Gasteiger partial charge in [-0.25, -0.2) is 0 Å². The van der Waals surface area contributed by atoms with Crippen molar-refractivity contribution >= 4 is 77.5 Å². The number of benzene rings is 7. The van der Waals surface area contributed by atoms with E-state index in [1.54, 1.807) is 12.1 Å². The highest BCUT2D eigenvalue weighted by Gasteiger charge is 2.77. The zero-order chi connectivity index (χ0) is 50.8. The summed E-state index contributed by atoms with van der Waals surface area (Å²) >= 11 is 33.0. The molecule has 4 atom stereocenters. The highest BCUT2D eigenvalue weighted by Crippen LogP contribution is 2.75. The summed E-state index contributed by atoms with van der Waals surface area (Å²) in [7, 11) is 2.40. The van der Waals surface area contributed by atoms with Crippen molar-refractivity contribution in [3.8, 4) is 17.2 Å². The maximum absolute atomic E-state index is 10.5. The Morgan fingerprint density at radius 1 is 0.471 bits per heavy atom. The first kappa shape index (κ1) is 55.3. The molecule has 0 aromatic heterocycles. The molecular weight excluding hydrogens is 1020 g/mol. The van der Waals surface area contributed by atoms with Crippen LogP contribution in [0.1, 0.15) is 62.8 Å². The van der Waals surface area contributed by atoms with E-state index in [2.05, 4.69) is 183 Å². The standard InChI is InChI=1S/C38H48N4P.3C6H4Cl2O/c1-7-29(3)35-37(31-21-13-9-14-22-31,32-23-15-10-16-24-32)39-43(41(35)5)40-38(33-25-17-11-18-26-33,34-27-19-12-20-28-34)36(42(43)6)30(4)8-2;3*7-4-1-5(8)3-6(9)2-4/h9-30,35-36,39-40H,7-8H2,1-6H3;3*1-3,9H/q+1;;;/p-1/t29-,30-,35+,36+,43?;;;/m1.../s1. The van der Waals surface area contributed by atoms with E-state index in [1.807, 2.05) is 0 Å². The number of likely N-dealkylation sites (N-methyl/N-ethyl adjacent to an activating group) is 2. The number of hydrogen-bond acceptors (Lipinski definition) is 7. The second kappa shape index (κ2) is 24.6. The number of halogens is 6. The molecule has 2 saturated heterocycles. The molecular formula is C56H59Cl6N4O3P. The number of hydrogen-bond donors (Lipinski definition) is 4. The van der Waals surface area contributed by atoms with Crippen LogP contribution in [-0.4, -0.2) is 45.7 Å². The Morgan fingerprint density at radius 2 is 0.714 bits per heavy atom. The first-order valence-electron chi connectivity index (χ1n) is 23.0. The average molecular weight is 1080 g/mol. The lowest BCUT2D eigenvalue weighted by Gasteiger charge is -2.37. The smallest absolute Gasteiger partial charge is 0.306 e. The van der Waals surface area contributed by atoms with E-state index in [9.17, 15) is 5.11 Å². The third-order valence-corrected chi connectivity index (χ3v) is 18.0. The average Bonchev–Trinajstić information content (AvgIpc) is 3.76. The van der Waals surface area contributed by atoms with Gasteiger partial charge in [-0.3, -0.25) is 0 Å². The van der Waals surface area contributed by atoms with E-state index in [-0.39, 0.29) is 29.3 Å². The Balaban J connectivity index is 0.000000238. The van der Waals surface area contributed by atoms with Gasteiger partial charge in [0.05, 0.1) is 12.1 Å². The molecule has 14 heteroatoms. The van der Waals surface area contributed by atoms with Crippen LogP contribution in [0.2, 0.25) is 30.1 Å². The number of phenols is 2. The van der Waals surface area contributed by atoms with Gasteiger partial charge in [0.2, 0.25) is 0 Å². The monoisotopic (exact) mass is 1080 g/mol. The van der Waals surface area contributed by atoms with Crippen LogP contribution >= 0.6 is 77.5 Å². The minimum Gasteiger partial charge on any atom is -0.872 e. The van der Waals surface area contributed by atoms with Crippen molar-refractivity contribution in [3.05, 3.63) is 228 Å². The molecule has 2 heterocycles. The van der Waals surface area contributed by atoms with Crippen LogP contribution in [0.15, 0.2) is 176 Å². The van der Waals surface area contributed by atoms with E-state index in [0.29, 0.717) is 42.0 Å². The van der Waals surface area contributed by atoms with E-state index in [1.165, 1.54) is 64.7 Å². The van der Waals surface area contributed by atoms with Crippen molar-refractivity contribution in [2.45, 2.75) is 63.7 Å². The fraction of sp³-hybridized carbons (Fsp3) is 0.250. The largest absolute Gasteiger partial charge is 0.872 e. The normalized spacial score (nSPS) is 18.6. The molecule has 7 nitrogen and oxygen atoms in total. The summed E-state index contributed by atoms with van der Waals surface area (Å²) in [5, 5.41) is 39.8. The molecule has 7 aromatic carbocycles. The van der Waals surface area contributed by atoms with Gasteiger partial charge in [-0.05, 0) is 76.6 Å². The molecule has 368 valence electrons. The molecule has 4 N–H and O–H groups in total. The van der Waals surface area contributed by atoms with Crippen molar-refractivity contribution in [2.24, 2.45) is 11.8 Å². The van der Waals surface area contributed by atoms with Gasteiger partial charge in [-0.2, -0.15) is 0 Å². The number of rotatable bonds is 8. The van der Waals surface area contributed by atoms with Crippen molar-refractivity contribution in [1.82, 2.24) is 19.5 Å². The minimum absolute atomic E-state index is 0.0903. The molecule has 0 saturated carbocycles. The van der Waals surface area contributed by atoms with Gasteiger partial charge in [0.1, 0.15) is 22.6 Å². The van der Waals surface area contributed by atoms with Gasteiger partial charge in [0.15, 0.2) is 0 Å². The molecule has 7 aromatic rings. The van der Waals surface area contributed by atoms with Gasteiger partial charge < -0.3 is 15.3 Å². The van der Waals surface area contributed by atoms with Gasteiger partial charge >= 0.3 is 7.87 Å². The Kier molecular flexibility index (Phi) is 19.4. The van der Waals surface area contributed by atoms with Crippen LogP contribution in [0.25, 0.3) is 0 Å². The van der Waals surface area contributed by atoms with Gasteiger partial charge in [-0.1, -0.05) is 244 Å². The number of nitrogens with one attached hydrogen (secondary N) is 2. The van der Waals surface area contributed by atoms with Gasteiger partial charge in [-0.15, -0.1) is 25.3 Å². The van der Waals surface area contributed by atoms with Crippen LogP contribution in [0.5, 0.6) is 17.2 Å². The molecule has 70 heavy (non-hydrogen) atoms. The predicted molar refractivity (Wildman–Crippen MR) is 295 cm³/mol. The Bertz CT molecular complexity index is 2300. The Hall–Kier alpha value is -4.05. The molecule has 0 bridgehead atoms. The lowest BCUT2D eigenvalue weighted by atomic mass is 9.73. The summed E-state index contributed by atoms with van der Waals surface area (Å²) in [5.74, 6) is 0.906. The van der Waals surface area contributed by atoms with Gasteiger partial charge in [0, 0.05) is 44.2 Å². The quantitative estimate of drug-likeness (QED) is 0.113. The highest BCUT2D eigenvalue weighted by atomic mass is 35.5. The minimum atomic E-state index is -2.36. The summed E-state index contributed by atoms with van der Waals surface area (Å²) in [6.07, 6.45) is 2.19. The van der Waals surface area contributed by atoms with Crippen LogP contribution in [-0.2, 0) is 11.1 Å². The predicted octanol–water partition coefficient (Wildman–Crippen LogP) is 15.9. The second-order valence-corrected chi connectivity index (χ2v) is 23.1. The second-order valence-electron chi connectivity index (χ2n) is 17.6. The van der Waals surface area contributed by atoms with Crippen molar-refractivity contribution in [1.29, 1.82) is 0 Å². The molecule has 1 spiro atoms. The molecule has 0 radical (unpaired) electrons. The third kappa shape index (κ3) is 12.2. The summed E-state index contributed by atoms with van der Waals surface area (Å²) in [6.45, 7) is 9.56. The SMILES string of the molecule is CC[C@@H](C)[C@@H]1N(C)[P+]2(NC1(c1ccccc1)c1ccccc1)NC(c1ccccc1)(c1ccccc1)[C@H]([C@H](C)CC)N2C.Oc1cc(Cl)cc(Cl)c1.Oc1cc(Cl)cc(Cl)c1.[O-]c1cc(Cl)cc(Cl)c1. The van der Waals surface area contributed by atoms with Crippen molar-refractivity contribution in [2.75, 3.05) is 14.1 Å². The van der Waals surface area contributed by atoms with Gasteiger partial charge in [0.25, 0.3) is 0 Å². The Morgan fingerprint density at radius 3 is 0.929 bits per heavy atom. The van der Waals surface area contributed by atoms with E-state index in [4.69, 9.17) is 79.8 Å². The van der Waals surface area contributed by atoms with Crippen LogP contribution in [0, 0.1) is 11.8 Å². The summed E-state index contributed by atoms with van der Waals surface area (Å²) < 4.78 is 5.48. The van der Waals surface area contributed by atoms with E-state index >= 15 is 0 Å². The molecule has 0 unspecified atom stereocenters. The summed E-state index contributed by atoms with van der Waals surface area (Å²) in [4.78, 5) is 0. The molecule has 0 aliphatic carbocycles. The molecule has 2 fully saturated rings. The number of nitrogens with zero attached hydrogens (tertiary/aromatic N) is 2. The molecule has 0 amide bonds. The summed E-state index contributed by atoms with van der Waals surface area (Å²) in [6, 6.07) is 58.2. The van der Waals surface area contributed by atoms with Crippen LogP contribution in [0.3, 0.4) is 0 Å². The van der Waals surface area contributed by atoms with Crippen LogP contribution < -0.4 is 15.3 Å². The lowest BCUT2D eigenvalue weighted by molar-refractivity contribution is -0.268. The number of phenolic OH excluding ortho intramolecular Hbond substituents is 2. The fourth-order valence-corrected chi connectivity index (χ4v) is 15.8. The zero-order valence-electron chi connectivity index (χ0n) is 39.9. The van der Waals surface area contributed by atoms with Crippen molar-refractivity contribution < 1.29 is 15.3 Å². The molecule has 9 rings (SSSR count). The number of aromatic hydroxyl groups is 2. The highest BCUT2D eigenvalue weighted by molar-refractivity contribution is 7.68. The maximum atomic E-state index is 10.5. The zero-order valence-corrected chi connectivity index (χ0v) is 45.3. The maximum Gasteiger partial charge on any atom is 0.306 e. The lowest BCUT2D eigenvalue weighted by Crippen LogP contribution is -2.50. The first-order chi connectivity index (χ1) is 33.4. The van der Waals surface area contributed by atoms with E-state index < -0.39 is 18.9 Å². The van der Waals surface area contributed by atoms with Crippen LogP contribution in [0.4, 0.5) is 0 Å². The van der Waals surface area contributed by atoms with Crippen molar-refractivity contribution in [3.63, 3.8) is 0 Å². The summed E-state index contributed by atoms with van der Waals surface area (Å²) in [5.41, 5.74) is 4.49. The molecule has 2 aliphatic heterocycles. The third-order valence-electron chi connectivity index (χ3n) is 13.1. The molecule has 2 aliphatic rings. The van der Waals surface area contributed by atoms with E-state index in [0.717, 1.165) is 12.8 Å².